The maximum Gasteiger partial charge on any atom is 0.408 e. The van der Waals surface area contributed by atoms with Crippen LogP contribution in [0.1, 0.15) is 31.4 Å². The third-order valence-corrected chi connectivity index (χ3v) is 6.14. The molecule has 2 amide bonds. The van der Waals surface area contributed by atoms with Gasteiger partial charge < -0.3 is 20.1 Å². The van der Waals surface area contributed by atoms with Gasteiger partial charge in [-0.05, 0) is 29.9 Å². The van der Waals surface area contributed by atoms with Crippen LogP contribution in [0.4, 0.5) is 4.79 Å². The quantitative estimate of drug-likeness (QED) is 0.359. The predicted molar refractivity (Wildman–Crippen MR) is 139 cm³/mol. The summed E-state index contributed by atoms with van der Waals surface area (Å²) in [5, 5.41) is 5.57. The van der Waals surface area contributed by atoms with Crippen molar-refractivity contribution in [1.82, 2.24) is 10.6 Å². The summed E-state index contributed by atoms with van der Waals surface area (Å²) in [7, 11) is 1.62. The Bertz CT molecular complexity index is 908. The molecular formula is C27H36N2O5S. The van der Waals surface area contributed by atoms with Crippen LogP contribution in [0, 0.1) is 5.92 Å². The van der Waals surface area contributed by atoms with E-state index in [2.05, 4.69) is 10.6 Å². The summed E-state index contributed by atoms with van der Waals surface area (Å²) in [6.07, 6.45) is 0.125. The zero-order chi connectivity index (χ0) is 25.5. The van der Waals surface area contributed by atoms with Gasteiger partial charge in [-0.2, -0.15) is 11.8 Å². The number of amides is 2. The molecule has 0 saturated heterocycles. The molecule has 2 aromatic carbocycles. The first-order valence-electron chi connectivity index (χ1n) is 11.8. The van der Waals surface area contributed by atoms with Crippen LogP contribution < -0.4 is 10.6 Å². The summed E-state index contributed by atoms with van der Waals surface area (Å²) < 4.78 is 10.3. The van der Waals surface area contributed by atoms with E-state index in [1.165, 1.54) is 11.8 Å². The standard InChI is InChI=1S/C27H36N2O5S/c1-20(2)16-24(29-27(32)34-18-22-12-8-5-9-13-22)26(31)28-23(17-21-10-6-4-7-11-21)25(30)19-35-15-14-33-3/h4-13,20,23-24H,14-19H2,1-3H3,(H,28,31)(H,29,32). The van der Waals surface area contributed by atoms with Crippen LogP contribution in [0.5, 0.6) is 0 Å². The number of hydrogen-bond acceptors (Lipinski definition) is 6. The van der Waals surface area contributed by atoms with Crippen molar-refractivity contribution in [3.8, 4) is 0 Å². The number of ether oxygens (including phenoxy) is 2. The van der Waals surface area contributed by atoms with Crippen molar-refractivity contribution in [2.24, 2.45) is 5.92 Å². The number of benzene rings is 2. The average Bonchev–Trinajstić information content (AvgIpc) is 2.85. The maximum absolute atomic E-state index is 13.2. The number of carbonyl (C=O) groups is 3. The smallest absolute Gasteiger partial charge is 0.408 e. The van der Waals surface area contributed by atoms with E-state index < -0.39 is 24.1 Å². The zero-order valence-electron chi connectivity index (χ0n) is 20.7. The lowest BCUT2D eigenvalue weighted by Gasteiger charge is -2.24. The van der Waals surface area contributed by atoms with Gasteiger partial charge >= 0.3 is 6.09 Å². The molecule has 2 N–H and O–H groups in total. The molecule has 0 heterocycles. The maximum atomic E-state index is 13.2. The monoisotopic (exact) mass is 500 g/mol. The first-order chi connectivity index (χ1) is 16.9. The Morgan fingerprint density at radius 3 is 2.11 bits per heavy atom. The molecule has 8 heteroatoms. The van der Waals surface area contributed by atoms with Crippen molar-refractivity contribution in [1.29, 1.82) is 0 Å². The molecule has 190 valence electrons. The van der Waals surface area contributed by atoms with Crippen LogP contribution in [0.2, 0.25) is 0 Å². The Kier molecular flexibility index (Phi) is 12.9. The van der Waals surface area contributed by atoms with Gasteiger partial charge in [0.05, 0.1) is 18.4 Å². The summed E-state index contributed by atoms with van der Waals surface area (Å²) >= 11 is 1.47. The lowest BCUT2D eigenvalue weighted by molar-refractivity contribution is -0.128. The normalized spacial score (nSPS) is 12.6. The summed E-state index contributed by atoms with van der Waals surface area (Å²) in [6, 6.07) is 17.4. The highest BCUT2D eigenvalue weighted by atomic mass is 32.2. The highest BCUT2D eigenvalue weighted by Crippen LogP contribution is 2.11. The number of Topliss-reactive ketones (excluding diaryl/α,β-unsaturated/α-hetero) is 1. The molecule has 0 aromatic heterocycles. The largest absolute Gasteiger partial charge is 0.445 e. The van der Waals surface area contributed by atoms with Crippen LogP contribution in [0.15, 0.2) is 60.7 Å². The molecule has 0 radical (unpaired) electrons. The van der Waals surface area contributed by atoms with E-state index in [1.54, 1.807) is 7.11 Å². The molecule has 2 aromatic rings. The van der Waals surface area contributed by atoms with Gasteiger partial charge in [-0.1, -0.05) is 74.5 Å². The molecule has 0 fully saturated rings. The number of carbonyl (C=O) groups excluding carboxylic acids is 3. The Labute approximate surface area is 212 Å². The van der Waals surface area contributed by atoms with E-state index in [4.69, 9.17) is 9.47 Å². The molecule has 2 rings (SSSR count). The van der Waals surface area contributed by atoms with Crippen molar-refractivity contribution in [3.05, 3.63) is 71.8 Å². The lowest BCUT2D eigenvalue weighted by Crippen LogP contribution is -2.53. The molecule has 0 aliphatic carbocycles. The lowest BCUT2D eigenvalue weighted by atomic mass is 10.00. The van der Waals surface area contributed by atoms with E-state index in [0.717, 1.165) is 11.1 Å². The highest BCUT2D eigenvalue weighted by molar-refractivity contribution is 7.99. The van der Waals surface area contributed by atoms with Crippen LogP contribution in [-0.2, 0) is 32.1 Å². The Morgan fingerprint density at radius 2 is 1.51 bits per heavy atom. The van der Waals surface area contributed by atoms with Gasteiger partial charge in [0.2, 0.25) is 5.91 Å². The number of methoxy groups -OCH3 is 1. The first kappa shape index (κ1) is 28.4. The molecule has 2 unspecified atom stereocenters. The molecule has 35 heavy (non-hydrogen) atoms. The van der Waals surface area contributed by atoms with Gasteiger partial charge in [0.15, 0.2) is 5.78 Å². The van der Waals surface area contributed by atoms with Crippen LogP contribution in [-0.4, -0.2) is 55.1 Å². The predicted octanol–water partition coefficient (Wildman–Crippen LogP) is 4.00. The van der Waals surface area contributed by atoms with Gasteiger partial charge in [0, 0.05) is 12.9 Å². The van der Waals surface area contributed by atoms with E-state index in [9.17, 15) is 14.4 Å². The van der Waals surface area contributed by atoms with Gasteiger partial charge in [0.25, 0.3) is 0 Å². The minimum absolute atomic E-state index is 0.0711. The van der Waals surface area contributed by atoms with E-state index in [0.29, 0.717) is 25.2 Å². The molecule has 0 spiro atoms. The molecule has 2 atom stereocenters. The molecule has 7 nitrogen and oxygen atoms in total. The topological polar surface area (TPSA) is 93.7 Å². The van der Waals surface area contributed by atoms with Crippen molar-refractivity contribution >= 4 is 29.5 Å². The second-order valence-corrected chi connectivity index (χ2v) is 9.76. The number of thioether (sulfide) groups is 1. The fourth-order valence-corrected chi connectivity index (χ4v) is 4.22. The minimum atomic E-state index is -0.814. The van der Waals surface area contributed by atoms with Crippen molar-refractivity contribution in [2.75, 3.05) is 25.2 Å². The first-order valence-corrected chi connectivity index (χ1v) is 13.0. The third kappa shape index (κ3) is 11.4. The van der Waals surface area contributed by atoms with Gasteiger partial charge in [-0.3, -0.25) is 9.59 Å². The van der Waals surface area contributed by atoms with E-state index in [1.807, 2.05) is 74.5 Å². The number of alkyl carbamates (subject to hydrolysis) is 1. The van der Waals surface area contributed by atoms with Gasteiger partial charge in [0.1, 0.15) is 12.6 Å². The second kappa shape index (κ2) is 15.9. The average molecular weight is 501 g/mol. The van der Waals surface area contributed by atoms with Gasteiger partial charge in [-0.15, -0.1) is 0 Å². The number of hydrogen-bond donors (Lipinski definition) is 2. The molecule has 0 bridgehead atoms. The van der Waals surface area contributed by atoms with Crippen LogP contribution >= 0.6 is 11.8 Å². The highest BCUT2D eigenvalue weighted by Gasteiger charge is 2.28. The molecule has 0 saturated carbocycles. The summed E-state index contributed by atoms with van der Waals surface area (Å²) in [5.74, 6) is 0.638. The fourth-order valence-electron chi connectivity index (χ4n) is 3.39. The SMILES string of the molecule is COCCSCC(=O)C(Cc1ccccc1)NC(=O)C(CC(C)C)NC(=O)OCc1ccccc1. The van der Waals surface area contributed by atoms with Gasteiger partial charge in [-0.25, -0.2) is 4.79 Å². The third-order valence-electron chi connectivity index (χ3n) is 5.19. The summed E-state index contributed by atoms with van der Waals surface area (Å²) in [6.45, 7) is 4.60. The van der Waals surface area contributed by atoms with Crippen molar-refractivity contribution in [3.63, 3.8) is 0 Å². The number of nitrogens with one attached hydrogen (secondary N) is 2. The Morgan fingerprint density at radius 1 is 0.886 bits per heavy atom. The van der Waals surface area contributed by atoms with Crippen LogP contribution in [0.3, 0.4) is 0 Å². The van der Waals surface area contributed by atoms with Crippen molar-refractivity contribution < 1.29 is 23.9 Å². The van der Waals surface area contributed by atoms with Crippen molar-refractivity contribution in [2.45, 2.75) is 45.4 Å². The zero-order valence-corrected chi connectivity index (χ0v) is 21.5. The fraction of sp³-hybridized carbons (Fsp3) is 0.444. The summed E-state index contributed by atoms with van der Waals surface area (Å²) in [5.41, 5.74) is 1.80. The van der Waals surface area contributed by atoms with Crippen LogP contribution in [0.25, 0.3) is 0 Å². The number of ketones is 1. The Balaban J connectivity index is 2.04. The van der Waals surface area contributed by atoms with E-state index >= 15 is 0 Å². The molecule has 0 aliphatic rings. The summed E-state index contributed by atoms with van der Waals surface area (Å²) in [4.78, 5) is 38.6. The van der Waals surface area contributed by atoms with E-state index in [-0.39, 0.29) is 24.1 Å². The second-order valence-electron chi connectivity index (χ2n) is 8.65. The molecular weight excluding hydrogens is 464 g/mol. The minimum Gasteiger partial charge on any atom is -0.445 e. The number of rotatable bonds is 15. The molecule has 0 aliphatic heterocycles. The Hall–Kier alpha value is -2.84.